The van der Waals surface area contributed by atoms with Gasteiger partial charge in [-0.3, -0.25) is 0 Å². The van der Waals surface area contributed by atoms with E-state index >= 15 is 0 Å². The Balaban J connectivity index is 1.55. The number of hydrogen-bond acceptors (Lipinski definition) is 5. The molecule has 2 aromatic rings. The van der Waals surface area contributed by atoms with Gasteiger partial charge in [0.05, 0.1) is 10.0 Å². The smallest absolute Gasteiger partial charge is 0.409 e. The van der Waals surface area contributed by atoms with Crippen LogP contribution in [0.3, 0.4) is 0 Å². The van der Waals surface area contributed by atoms with Crippen LogP contribution in [-0.2, 0) is 10.0 Å². The maximum atomic E-state index is 12.2. The van der Waals surface area contributed by atoms with Gasteiger partial charge in [0.2, 0.25) is 10.0 Å². The molecule has 0 atom stereocenters. The van der Waals surface area contributed by atoms with Gasteiger partial charge in [-0.2, -0.15) is 0 Å². The van der Waals surface area contributed by atoms with Gasteiger partial charge in [0, 0.05) is 24.7 Å². The highest BCUT2D eigenvalue weighted by Crippen LogP contribution is 2.25. The van der Waals surface area contributed by atoms with E-state index in [1.165, 1.54) is 18.2 Å². The lowest BCUT2D eigenvalue weighted by atomic mass is 10.3. The van der Waals surface area contributed by atoms with Crippen LogP contribution in [0.15, 0.2) is 47.4 Å². The van der Waals surface area contributed by atoms with E-state index in [1.54, 1.807) is 24.3 Å². The molecule has 1 amide bonds. The normalized spacial score (nSPS) is 11.3. The second-order valence-electron chi connectivity index (χ2n) is 6.18. The average Bonchev–Trinajstić information content (AvgIpc) is 2.68. The molecule has 0 saturated carbocycles. The van der Waals surface area contributed by atoms with Crippen molar-refractivity contribution >= 4 is 50.9 Å². The van der Waals surface area contributed by atoms with Crippen LogP contribution in [-0.4, -0.2) is 40.7 Å². The van der Waals surface area contributed by atoms with Crippen molar-refractivity contribution in [3.05, 3.63) is 57.5 Å². The van der Waals surface area contributed by atoms with Crippen LogP contribution < -0.4 is 20.1 Å². The van der Waals surface area contributed by atoms with Gasteiger partial charge in [-0.05, 0) is 49.7 Å². The number of para-hydroxylation sites is 1. The van der Waals surface area contributed by atoms with Crippen molar-refractivity contribution < 1.29 is 17.9 Å². The molecule has 0 aliphatic carbocycles. The highest BCUT2D eigenvalue weighted by Gasteiger charge is 2.17. The van der Waals surface area contributed by atoms with Crippen molar-refractivity contribution in [2.45, 2.75) is 17.7 Å². The lowest BCUT2D eigenvalue weighted by molar-refractivity contribution is 0.200. The number of amides is 1. The molecule has 2 rings (SSSR count). The number of hydrogen-bond donors (Lipinski definition) is 3. The Bertz CT molecular complexity index is 958. The van der Waals surface area contributed by atoms with E-state index in [4.69, 9.17) is 39.5 Å². The number of benzene rings is 2. The van der Waals surface area contributed by atoms with Crippen molar-refractivity contribution in [2.75, 3.05) is 26.2 Å². The first-order valence-corrected chi connectivity index (χ1v) is 11.8. The van der Waals surface area contributed by atoms with Crippen molar-refractivity contribution in [3.8, 4) is 5.75 Å². The zero-order valence-corrected chi connectivity index (χ0v) is 19.0. The summed E-state index contributed by atoms with van der Waals surface area (Å²) in [4.78, 5) is 11.7. The summed E-state index contributed by atoms with van der Waals surface area (Å²) in [7, 11) is -3.68. The maximum Gasteiger partial charge on any atom is 0.412 e. The van der Waals surface area contributed by atoms with E-state index in [1.807, 2.05) is 0 Å². The van der Waals surface area contributed by atoms with Gasteiger partial charge in [0.1, 0.15) is 4.90 Å². The predicted octanol–water partition coefficient (Wildman–Crippen LogP) is 4.08. The number of nitrogens with one attached hydrogen (secondary N) is 3. The monoisotopic (exact) mass is 493 g/mol. The van der Waals surface area contributed by atoms with Gasteiger partial charge in [0.15, 0.2) is 5.75 Å². The lowest BCUT2D eigenvalue weighted by Crippen LogP contribution is -2.34. The number of unbranched alkanes of at least 4 members (excludes halogenated alkanes) is 1. The third-order valence-corrected chi connectivity index (χ3v) is 6.36. The molecule has 0 bridgehead atoms. The van der Waals surface area contributed by atoms with Gasteiger partial charge in [-0.1, -0.05) is 46.9 Å². The summed E-state index contributed by atoms with van der Waals surface area (Å²) in [5.41, 5.74) is 0. The summed E-state index contributed by atoms with van der Waals surface area (Å²) in [6, 6.07) is 10.9. The number of rotatable bonds is 11. The minimum atomic E-state index is -3.68. The number of carbonyl (C=O) groups is 1. The van der Waals surface area contributed by atoms with Crippen LogP contribution in [0.25, 0.3) is 0 Å². The third kappa shape index (κ3) is 8.29. The highest BCUT2D eigenvalue weighted by molar-refractivity contribution is 7.89. The molecule has 0 saturated heterocycles. The molecule has 0 heterocycles. The molecule has 30 heavy (non-hydrogen) atoms. The molecule has 0 aliphatic rings. The lowest BCUT2D eigenvalue weighted by Gasteiger charge is -2.10. The minimum Gasteiger partial charge on any atom is -0.409 e. The van der Waals surface area contributed by atoms with Crippen LogP contribution in [0.4, 0.5) is 4.79 Å². The summed E-state index contributed by atoms with van der Waals surface area (Å²) >= 11 is 17.6. The largest absolute Gasteiger partial charge is 0.412 e. The molecular formula is C19H22Cl3N3O4S. The van der Waals surface area contributed by atoms with E-state index in [9.17, 15) is 13.2 Å². The van der Waals surface area contributed by atoms with Gasteiger partial charge in [-0.15, -0.1) is 0 Å². The zero-order valence-electron chi connectivity index (χ0n) is 16.0. The first-order chi connectivity index (χ1) is 14.3. The highest BCUT2D eigenvalue weighted by atomic mass is 35.5. The van der Waals surface area contributed by atoms with Crippen LogP contribution in [0.1, 0.15) is 12.8 Å². The Morgan fingerprint density at radius 1 is 0.900 bits per heavy atom. The molecule has 164 valence electrons. The van der Waals surface area contributed by atoms with Crippen LogP contribution >= 0.6 is 34.8 Å². The maximum absolute atomic E-state index is 12.2. The van der Waals surface area contributed by atoms with Gasteiger partial charge in [0.25, 0.3) is 0 Å². The standard InChI is InChI=1S/C19H22Cl3N3O4S/c20-14-7-8-18(16(22)13-14)30(27,28)25-10-4-3-9-23-11-12-24-19(26)29-17-6-2-1-5-15(17)21/h1-2,5-8,13,23,25H,3-4,9-12H2,(H,24,26). The number of sulfonamides is 1. The summed E-state index contributed by atoms with van der Waals surface area (Å²) in [5.74, 6) is 0.298. The average molecular weight is 495 g/mol. The molecule has 3 N–H and O–H groups in total. The molecule has 7 nitrogen and oxygen atoms in total. The number of carbonyl (C=O) groups excluding carboxylic acids is 1. The van der Waals surface area contributed by atoms with Crippen LogP contribution in [0.2, 0.25) is 15.1 Å². The predicted molar refractivity (Wildman–Crippen MR) is 119 cm³/mol. The molecule has 0 radical (unpaired) electrons. The summed E-state index contributed by atoms with van der Waals surface area (Å²) in [6.45, 7) is 1.88. The topological polar surface area (TPSA) is 96.5 Å². The Morgan fingerprint density at radius 2 is 1.63 bits per heavy atom. The Labute approximate surface area is 191 Å². The van der Waals surface area contributed by atoms with E-state index in [-0.39, 0.29) is 16.5 Å². The van der Waals surface area contributed by atoms with Gasteiger partial charge < -0.3 is 15.4 Å². The molecular weight excluding hydrogens is 473 g/mol. The van der Waals surface area contributed by atoms with E-state index in [2.05, 4.69) is 15.4 Å². The fourth-order valence-corrected chi connectivity index (χ4v) is 4.41. The summed E-state index contributed by atoms with van der Waals surface area (Å²) in [5, 5.41) is 6.58. The van der Waals surface area contributed by atoms with Crippen molar-refractivity contribution in [1.82, 2.24) is 15.4 Å². The Hall–Kier alpha value is -1.55. The molecule has 0 aromatic heterocycles. The second kappa shape index (κ2) is 12.3. The number of ether oxygens (including phenoxy) is 1. The third-order valence-electron chi connectivity index (χ3n) is 3.87. The molecule has 0 spiro atoms. The SMILES string of the molecule is O=C(NCCNCCCCNS(=O)(=O)c1ccc(Cl)cc1Cl)Oc1ccccc1Cl. The minimum absolute atomic E-state index is 0.00134. The summed E-state index contributed by atoms with van der Waals surface area (Å²) < 4.78 is 32.1. The molecule has 0 fully saturated rings. The van der Waals surface area contributed by atoms with Crippen molar-refractivity contribution in [3.63, 3.8) is 0 Å². The van der Waals surface area contributed by atoms with E-state index < -0.39 is 16.1 Å². The van der Waals surface area contributed by atoms with E-state index in [0.717, 1.165) is 6.42 Å². The molecule has 11 heteroatoms. The van der Waals surface area contributed by atoms with Gasteiger partial charge in [-0.25, -0.2) is 17.9 Å². The fraction of sp³-hybridized carbons (Fsp3) is 0.316. The van der Waals surface area contributed by atoms with Crippen molar-refractivity contribution in [2.24, 2.45) is 0 Å². The van der Waals surface area contributed by atoms with Crippen LogP contribution in [0, 0.1) is 0 Å². The second-order valence-corrected chi connectivity index (χ2v) is 9.16. The molecule has 2 aromatic carbocycles. The zero-order chi connectivity index (χ0) is 22.0. The Kier molecular flexibility index (Phi) is 10.2. The Morgan fingerprint density at radius 3 is 2.37 bits per heavy atom. The molecule has 0 aliphatic heterocycles. The van der Waals surface area contributed by atoms with Crippen LogP contribution in [0.5, 0.6) is 5.75 Å². The molecule has 0 unspecified atom stereocenters. The van der Waals surface area contributed by atoms with E-state index in [0.29, 0.717) is 41.8 Å². The first-order valence-electron chi connectivity index (χ1n) is 9.15. The number of halogens is 3. The first kappa shape index (κ1) is 24.7. The summed E-state index contributed by atoms with van der Waals surface area (Å²) in [6.07, 6.45) is 0.806. The van der Waals surface area contributed by atoms with Gasteiger partial charge >= 0.3 is 6.09 Å². The van der Waals surface area contributed by atoms with Crippen molar-refractivity contribution in [1.29, 1.82) is 0 Å². The quantitative estimate of drug-likeness (QED) is 0.409. The fourth-order valence-electron chi connectivity index (χ4n) is 2.39.